The van der Waals surface area contributed by atoms with Crippen molar-refractivity contribution in [2.45, 2.75) is 11.2 Å². The Hall–Kier alpha value is -3.14. The predicted octanol–water partition coefficient (Wildman–Crippen LogP) is 4.89. The van der Waals surface area contributed by atoms with E-state index < -0.39 is 28.3 Å². The van der Waals surface area contributed by atoms with Gasteiger partial charge >= 0.3 is 6.18 Å². The number of carbonyl (C=O) groups is 1. The second-order valence-corrected chi connectivity index (χ2v) is 6.66. The van der Waals surface area contributed by atoms with E-state index in [1.165, 1.54) is 0 Å². The van der Waals surface area contributed by atoms with Gasteiger partial charge in [-0.3, -0.25) is 14.9 Å². The molecule has 0 saturated heterocycles. The van der Waals surface area contributed by atoms with Crippen molar-refractivity contribution in [1.82, 2.24) is 4.98 Å². The fourth-order valence-corrected chi connectivity index (χ4v) is 3.10. The Morgan fingerprint density at radius 1 is 1.14 bits per heavy atom. The summed E-state index contributed by atoms with van der Waals surface area (Å²) in [7, 11) is 0. The molecule has 1 N–H and O–H groups in total. The number of amides is 1. The molecular formula is C18H12F3N3O3S. The summed E-state index contributed by atoms with van der Waals surface area (Å²) in [5.74, 6) is -0.702. The van der Waals surface area contributed by atoms with E-state index in [0.29, 0.717) is 17.2 Å². The van der Waals surface area contributed by atoms with E-state index in [2.05, 4.69) is 10.3 Å². The molecule has 144 valence electrons. The van der Waals surface area contributed by atoms with Crippen LogP contribution in [0.3, 0.4) is 0 Å². The average molecular weight is 407 g/mol. The molecule has 0 bridgehead atoms. The molecule has 6 nitrogen and oxygen atoms in total. The maximum absolute atomic E-state index is 12.7. The lowest BCUT2D eigenvalue weighted by Crippen LogP contribution is -2.16. The SMILES string of the molecule is O=C(CSc1ccc2ccccc2n1)Nc1ccc(C(F)(F)F)cc1[N+](=O)[O-]. The Labute approximate surface area is 160 Å². The van der Waals surface area contributed by atoms with Gasteiger partial charge in [0.1, 0.15) is 5.69 Å². The van der Waals surface area contributed by atoms with Crippen LogP contribution in [-0.2, 0) is 11.0 Å². The second-order valence-electron chi connectivity index (χ2n) is 5.67. The van der Waals surface area contributed by atoms with Gasteiger partial charge in [0, 0.05) is 11.5 Å². The van der Waals surface area contributed by atoms with Gasteiger partial charge in [-0.1, -0.05) is 36.0 Å². The van der Waals surface area contributed by atoms with Crippen molar-refractivity contribution in [2.24, 2.45) is 0 Å². The topological polar surface area (TPSA) is 85.1 Å². The van der Waals surface area contributed by atoms with Gasteiger partial charge in [0.2, 0.25) is 5.91 Å². The maximum atomic E-state index is 12.7. The first-order chi connectivity index (χ1) is 13.2. The monoisotopic (exact) mass is 407 g/mol. The number of para-hydroxylation sites is 1. The first-order valence-corrected chi connectivity index (χ1v) is 8.87. The molecule has 2 aromatic carbocycles. The molecule has 0 aliphatic heterocycles. The molecule has 28 heavy (non-hydrogen) atoms. The van der Waals surface area contributed by atoms with Crippen LogP contribution in [0.4, 0.5) is 24.5 Å². The molecule has 0 unspecified atom stereocenters. The van der Waals surface area contributed by atoms with Gasteiger partial charge in [-0.2, -0.15) is 13.2 Å². The van der Waals surface area contributed by atoms with Crippen LogP contribution >= 0.6 is 11.8 Å². The molecule has 0 aliphatic carbocycles. The molecule has 0 atom stereocenters. The Morgan fingerprint density at radius 2 is 1.89 bits per heavy atom. The number of halogens is 3. The zero-order valence-electron chi connectivity index (χ0n) is 14.1. The Balaban J connectivity index is 1.70. The molecule has 3 rings (SSSR count). The molecular weight excluding hydrogens is 395 g/mol. The number of nitro benzene ring substituents is 1. The highest BCUT2D eigenvalue weighted by Crippen LogP contribution is 2.35. The van der Waals surface area contributed by atoms with Crippen LogP contribution in [0.5, 0.6) is 0 Å². The van der Waals surface area contributed by atoms with Crippen molar-refractivity contribution in [3.8, 4) is 0 Å². The minimum atomic E-state index is -4.72. The minimum absolute atomic E-state index is 0.108. The van der Waals surface area contributed by atoms with Gasteiger partial charge in [0.05, 0.1) is 26.8 Å². The molecule has 1 amide bonds. The standard InChI is InChI=1S/C18H12F3N3O3S/c19-18(20,21)12-6-7-14(15(9-12)24(26)27)22-16(25)10-28-17-8-5-11-3-1-2-4-13(11)23-17/h1-9H,10H2,(H,22,25). The number of aromatic nitrogens is 1. The van der Waals surface area contributed by atoms with Crippen molar-refractivity contribution < 1.29 is 22.9 Å². The third kappa shape index (κ3) is 4.58. The van der Waals surface area contributed by atoms with Crippen LogP contribution in [-0.4, -0.2) is 21.6 Å². The lowest BCUT2D eigenvalue weighted by atomic mass is 10.1. The number of hydrogen-bond donors (Lipinski definition) is 1. The van der Waals surface area contributed by atoms with E-state index in [1.54, 1.807) is 6.07 Å². The van der Waals surface area contributed by atoms with Crippen LogP contribution in [0.15, 0.2) is 59.6 Å². The number of nitro groups is 1. The summed E-state index contributed by atoms with van der Waals surface area (Å²) in [6.07, 6.45) is -4.72. The number of alkyl halides is 3. The quantitative estimate of drug-likeness (QED) is 0.370. The zero-order chi connectivity index (χ0) is 20.3. The van der Waals surface area contributed by atoms with Crippen molar-refractivity contribution in [1.29, 1.82) is 0 Å². The first kappa shape index (κ1) is 19.6. The smallest absolute Gasteiger partial charge is 0.320 e. The summed E-state index contributed by atoms with van der Waals surface area (Å²) in [5.41, 5.74) is -1.52. The molecule has 0 saturated carbocycles. The number of nitrogens with one attached hydrogen (secondary N) is 1. The van der Waals surface area contributed by atoms with Crippen LogP contribution in [0.2, 0.25) is 0 Å². The normalized spacial score (nSPS) is 11.4. The summed E-state index contributed by atoms with van der Waals surface area (Å²) in [5, 5.41) is 14.9. The minimum Gasteiger partial charge on any atom is -0.320 e. The summed E-state index contributed by atoms with van der Waals surface area (Å²) in [6, 6.07) is 13.0. The lowest BCUT2D eigenvalue weighted by molar-refractivity contribution is -0.384. The third-order valence-corrected chi connectivity index (χ3v) is 4.65. The zero-order valence-corrected chi connectivity index (χ0v) is 14.9. The molecule has 1 heterocycles. The molecule has 0 fully saturated rings. The first-order valence-electron chi connectivity index (χ1n) is 7.88. The number of benzene rings is 2. The highest BCUT2D eigenvalue weighted by Gasteiger charge is 2.33. The lowest BCUT2D eigenvalue weighted by Gasteiger charge is -2.10. The van der Waals surface area contributed by atoms with E-state index in [1.807, 2.05) is 30.3 Å². The molecule has 1 aromatic heterocycles. The van der Waals surface area contributed by atoms with E-state index >= 15 is 0 Å². The van der Waals surface area contributed by atoms with E-state index in [-0.39, 0.29) is 11.4 Å². The van der Waals surface area contributed by atoms with Crippen LogP contribution in [0.1, 0.15) is 5.56 Å². The number of thioether (sulfide) groups is 1. The van der Waals surface area contributed by atoms with Crippen LogP contribution < -0.4 is 5.32 Å². The number of pyridine rings is 1. The fourth-order valence-electron chi connectivity index (χ4n) is 2.42. The third-order valence-electron chi connectivity index (χ3n) is 3.72. The van der Waals surface area contributed by atoms with Crippen molar-refractivity contribution >= 4 is 39.9 Å². The van der Waals surface area contributed by atoms with E-state index in [9.17, 15) is 28.1 Å². The van der Waals surface area contributed by atoms with Gasteiger partial charge in [-0.15, -0.1) is 0 Å². The summed E-state index contributed by atoms with van der Waals surface area (Å²) < 4.78 is 38.2. The van der Waals surface area contributed by atoms with Gasteiger partial charge in [-0.25, -0.2) is 4.98 Å². The molecule has 0 radical (unpaired) electrons. The van der Waals surface area contributed by atoms with E-state index in [4.69, 9.17) is 0 Å². The number of hydrogen-bond acceptors (Lipinski definition) is 5. The molecule has 3 aromatic rings. The summed E-state index contributed by atoms with van der Waals surface area (Å²) in [4.78, 5) is 26.6. The van der Waals surface area contributed by atoms with Gasteiger partial charge in [0.25, 0.3) is 5.69 Å². The van der Waals surface area contributed by atoms with Gasteiger partial charge in [0.15, 0.2) is 0 Å². The van der Waals surface area contributed by atoms with Gasteiger partial charge in [-0.05, 0) is 24.3 Å². The number of nitrogens with zero attached hydrogens (tertiary/aromatic N) is 2. The van der Waals surface area contributed by atoms with Crippen molar-refractivity contribution in [3.05, 3.63) is 70.3 Å². The number of anilines is 1. The highest BCUT2D eigenvalue weighted by molar-refractivity contribution is 7.99. The number of rotatable bonds is 5. The van der Waals surface area contributed by atoms with Crippen molar-refractivity contribution in [3.63, 3.8) is 0 Å². The fraction of sp³-hybridized carbons (Fsp3) is 0.111. The van der Waals surface area contributed by atoms with Crippen LogP contribution in [0, 0.1) is 10.1 Å². The molecule has 0 aliphatic rings. The molecule has 0 spiro atoms. The average Bonchev–Trinajstić information content (AvgIpc) is 2.65. The van der Waals surface area contributed by atoms with Crippen molar-refractivity contribution in [2.75, 3.05) is 11.1 Å². The highest BCUT2D eigenvalue weighted by atomic mass is 32.2. The maximum Gasteiger partial charge on any atom is 0.416 e. The Kier molecular flexibility index (Phi) is 5.50. The van der Waals surface area contributed by atoms with E-state index in [0.717, 1.165) is 28.7 Å². The summed E-state index contributed by atoms with van der Waals surface area (Å²) >= 11 is 1.11. The molecule has 10 heteroatoms. The second kappa shape index (κ2) is 7.85. The Morgan fingerprint density at radius 3 is 2.61 bits per heavy atom. The number of carbonyl (C=O) groups excluding carboxylic acids is 1. The Bertz CT molecular complexity index is 1060. The predicted molar refractivity (Wildman–Crippen MR) is 99.2 cm³/mol. The largest absolute Gasteiger partial charge is 0.416 e. The number of fused-ring (bicyclic) bond motifs is 1. The van der Waals surface area contributed by atoms with Crippen LogP contribution in [0.25, 0.3) is 10.9 Å². The van der Waals surface area contributed by atoms with Gasteiger partial charge < -0.3 is 5.32 Å². The summed E-state index contributed by atoms with van der Waals surface area (Å²) in [6.45, 7) is 0.